The molecule has 0 saturated heterocycles. The summed E-state index contributed by atoms with van der Waals surface area (Å²) in [5.74, 6) is -0.427. The summed E-state index contributed by atoms with van der Waals surface area (Å²) in [6.07, 6.45) is 1.49. The second kappa shape index (κ2) is 6.37. The minimum absolute atomic E-state index is 0.179. The van der Waals surface area contributed by atoms with E-state index in [4.69, 9.17) is 28.9 Å². The summed E-state index contributed by atoms with van der Waals surface area (Å²) in [5.41, 5.74) is 6.78. The quantitative estimate of drug-likeness (QED) is 0.665. The molecule has 0 aliphatic heterocycles. The molecule has 1 amide bonds. The van der Waals surface area contributed by atoms with E-state index in [1.54, 1.807) is 12.1 Å². The van der Waals surface area contributed by atoms with Crippen LogP contribution in [0.1, 0.15) is 15.9 Å². The number of nitrogens with zero attached hydrogens (tertiary/aromatic N) is 2. The molecule has 97 valence electrons. The minimum atomic E-state index is -0.427. The van der Waals surface area contributed by atoms with Gasteiger partial charge in [0.15, 0.2) is 0 Å². The van der Waals surface area contributed by atoms with Crippen LogP contribution in [0.3, 0.4) is 0 Å². The predicted molar refractivity (Wildman–Crippen MR) is 76.1 cm³/mol. The van der Waals surface area contributed by atoms with E-state index in [0.717, 1.165) is 10.0 Å². The normalized spacial score (nSPS) is 11.1. The summed E-state index contributed by atoms with van der Waals surface area (Å²) in [4.78, 5) is 19.2. The van der Waals surface area contributed by atoms with Gasteiger partial charge in [-0.15, -0.1) is 0 Å². The van der Waals surface area contributed by atoms with Crippen molar-refractivity contribution in [2.75, 3.05) is 0 Å². The van der Waals surface area contributed by atoms with Gasteiger partial charge < -0.3 is 0 Å². The van der Waals surface area contributed by atoms with Gasteiger partial charge in [-0.25, -0.2) is 0 Å². The molecule has 19 heavy (non-hydrogen) atoms. The number of hydrogen-bond acceptors (Lipinski definition) is 3. The van der Waals surface area contributed by atoms with Crippen LogP contribution in [0.4, 0.5) is 0 Å². The molecule has 7 heteroatoms. The first-order valence-electron chi connectivity index (χ1n) is 5.31. The van der Waals surface area contributed by atoms with Crippen LogP contribution < -0.4 is 10.2 Å². The SMILES string of the molecule is NC(=O)c1ccccc1C[As]c1nc(Cl)ncc1Cl. The molecule has 0 aliphatic rings. The molecule has 0 saturated carbocycles. The van der Waals surface area contributed by atoms with Gasteiger partial charge >= 0.3 is 127 Å². The standard InChI is InChI=1S/C12H9AsCl2N3O/c14-9-6-17-12(15)18-10(9)13-5-7-3-1-2-4-8(7)11(16)19/h1-4,6H,5H2,(H2,16,19). The number of carbonyl (C=O) groups is 1. The number of aromatic nitrogens is 2. The third-order valence-corrected chi connectivity index (χ3v) is 5.51. The van der Waals surface area contributed by atoms with E-state index >= 15 is 0 Å². The molecule has 1 aromatic carbocycles. The fraction of sp³-hybridized carbons (Fsp3) is 0.0833. The van der Waals surface area contributed by atoms with Crippen molar-refractivity contribution < 1.29 is 4.79 Å². The van der Waals surface area contributed by atoms with Crippen molar-refractivity contribution in [2.24, 2.45) is 5.73 Å². The molecular weight excluding hydrogens is 348 g/mol. The van der Waals surface area contributed by atoms with E-state index in [0.29, 0.717) is 15.8 Å². The molecule has 0 aliphatic carbocycles. The number of benzene rings is 1. The van der Waals surface area contributed by atoms with Crippen molar-refractivity contribution >= 4 is 49.3 Å². The van der Waals surface area contributed by atoms with Crippen LogP contribution in [0.5, 0.6) is 0 Å². The molecule has 4 nitrogen and oxygen atoms in total. The third kappa shape index (κ3) is 3.69. The summed E-state index contributed by atoms with van der Waals surface area (Å²) < 4.78 is 0.747. The van der Waals surface area contributed by atoms with Gasteiger partial charge in [0.2, 0.25) is 0 Å². The Morgan fingerprint density at radius 2 is 2.05 bits per heavy atom. The number of primary amides is 1. The first kappa shape index (κ1) is 14.3. The molecule has 0 spiro atoms. The van der Waals surface area contributed by atoms with Crippen LogP contribution in [0.15, 0.2) is 30.5 Å². The molecule has 1 aromatic heterocycles. The van der Waals surface area contributed by atoms with Gasteiger partial charge in [-0.3, -0.25) is 0 Å². The van der Waals surface area contributed by atoms with E-state index in [1.165, 1.54) is 6.20 Å². The number of rotatable bonds is 4. The molecular formula is C12H9AsCl2N3O. The Labute approximate surface area is 127 Å². The zero-order valence-electron chi connectivity index (χ0n) is 9.68. The first-order valence-corrected chi connectivity index (χ1v) is 8.33. The zero-order valence-corrected chi connectivity index (χ0v) is 13.1. The Balaban J connectivity index is 2.19. The van der Waals surface area contributed by atoms with Crippen molar-refractivity contribution in [3.8, 4) is 0 Å². The van der Waals surface area contributed by atoms with E-state index in [1.807, 2.05) is 12.1 Å². The van der Waals surface area contributed by atoms with Crippen molar-refractivity contribution in [3.63, 3.8) is 0 Å². The summed E-state index contributed by atoms with van der Waals surface area (Å²) in [5, 5.41) is 1.38. The fourth-order valence-electron chi connectivity index (χ4n) is 1.51. The Morgan fingerprint density at radius 3 is 2.79 bits per heavy atom. The zero-order chi connectivity index (χ0) is 13.8. The van der Waals surface area contributed by atoms with Crippen LogP contribution in [0.25, 0.3) is 0 Å². The van der Waals surface area contributed by atoms with Crippen LogP contribution in [0, 0.1) is 0 Å². The number of hydrogen-bond donors (Lipinski definition) is 1. The number of nitrogens with two attached hydrogens (primary N) is 1. The van der Waals surface area contributed by atoms with E-state index in [2.05, 4.69) is 9.97 Å². The number of carbonyl (C=O) groups excluding carboxylic acids is 1. The first-order chi connectivity index (χ1) is 9.08. The molecule has 2 aromatic rings. The molecule has 2 rings (SSSR count). The van der Waals surface area contributed by atoms with E-state index < -0.39 is 5.91 Å². The van der Waals surface area contributed by atoms with Crippen LogP contribution in [-0.4, -0.2) is 31.6 Å². The molecule has 1 radical (unpaired) electrons. The monoisotopic (exact) mass is 356 g/mol. The van der Waals surface area contributed by atoms with Crippen molar-refractivity contribution in [3.05, 3.63) is 51.9 Å². The average Bonchev–Trinajstić information content (AvgIpc) is 2.40. The Morgan fingerprint density at radius 1 is 1.32 bits per heavy atom. The molecule has 0 fully saturated rings. The summed E-state index contributed by atoms with van der Waals surface area (Å²) in [7, 11) is 0. The summed E-state index contributed by atoms with van der Waals surface area (Å²) in [6.45, 7) is 0. The second-order valence-corrected chi connectivity index (χ2v) is 6.61. The van der Waals surface area contributed by atoms with Crippen LogP contribution in [-0.2, 0) is 5.21 Å². The predicted octanol–water partition coefficient (Wildman–Crippen LogP) is 1.41. The summed E-state index contributed by atoms with van der Waals surface area (Å²) in [6, 6.07) is 7.26. The van der Waals surface area contributed by atoms with E-state index in [-0.39, 0.29) is 21.0 Å². The second-order valence-electron chi connectivity index (χ2n) is 3.65. The van der Waals surface area contributed by atoms with Gasteiger partial charge in [-0.1, -0.05) is 0 Å². The average molecular weight is 357 g/mol. The third-order valence-electron chi connectivity index (χ3n) is 2.38. The fourth-order valence-corrected chi connectivity index (χ4v) is 4.21. The van der Waals surface area contributed by atoms with Crippen molar-refractivity contribution in [1.29, 1.82) is 0 Å². The maximum atomic E-state index is 11.3. The molecule has 2 N–H and O–H groups in total. The van der Waals surface area contributed by atoms with Crippen LogP contribution >= 0.6 is 23.2 Å². The van der Waals surface area contributed by atoms with Gasteiger partial charge in [0.25, 0.3) is 0 Å². The molecule has 1 heterocycles. The summed E-state index contributed by atoms with van der Waals surface area (Å²) >= 11 is 11.4. The maximum absolute atomic E-state index is 11.3. The van der Waals surface area contributed by atoms with Gasteiger partial charge in [-0.2, -0.15) is 0 Å². The van der Waals surface area contributed by atoms with Crippen molar-refractivity contribution in [2.45, 2.75) is 5.21 Å². The number of amides is 1. The number of halogens is 2. The Hall–Kier alpha value is -1.09. The van der Waals surface area contributed by atoms with Gasteiger partial charge in [-0.05, 0) is 0 Å². The van der Waals surface area contributed by atoms with Gasteiger partial charge in [0.05, 0.1) is 0 Å². The Bertz CT molecular complexity index is 622. The molecule has 0 unspecified atom stereocenters. The molecule has 0 bridgehead atoms. The van der Waals surface area contributed by atoms with Crippen LogP contribution in [0.2, 0.25) is 10.3 Å². The van der Waals surface area contributed by atoms with E-state index in [9.17, 15) is 4.79 Å². The van der Waals surface area contributed by atoms with Gasteiger partial charge in [0, 0.05) is 0 Å². The molecule has 0 atom stereocenters. The topological polar surface area (TPSA) is 68.9 Å². The Kier molecular flexibility index (Phi) is 4.80. The van der Waals surface area contributed by atoms with Gasteiger partial charge in [0.1, 0.15) is 0 Å². The van der Waals surface area contributed by atoms with Crippen molar-refractivity contribution in [1.82, 2.24) is 9.97 Å².